The van der Waals surface area contributed by atoms with Gasteiger partial charge in [-0.25, -0.2) is 0 Å². The average molecular weight is 187 g/mol. The first-order valence-electron chi connectivity index (χ1n) is 2.80. The summed E-state index contributed by atoms with van der Waals surface area (Å²) in [6, 6.07) is 0. The van der Waals surface area contributed by atoms with Crippen LogP contribution in [-0.4, -0.2) is 27.9 Å². The number of aldehydes is 1. The molecule has 13 heavy (non-hydrogen) atoms. The van der Waals surface area contributed by atoms with E-state index in [1.54, 1.807) is 0 Å². The zero-order valence-corrected chi connectivity index (χ0v) is 5.85. The van der Waals surface area contributed by atoms with E-state index in [1.807, 2.05) is 0 Å². The number of hydrogen-bond acceptors (Lipinski definition) is 8. The van der Waals surface area contributed by atoms with Crippen LogP contribution in [0.5, 0.6) is 0 Å². The number of aliphatic imine (C=N–C) groups is 1. The van der Waals surface area contributed by atoms with Crippen LogP contribution < -0.4 is 0 Å². The lowest BCUT2D eigenvalue weighted by molar-refractivity contribution is -0.546. The van der Waals surface area contributed by atoms with Crippen molar-refractivity contribution in [2.24, 2.45) is 15.2 Å². The third kappa shape index (κ3) is 1.23. The Kier molecular flexibility index (Phi) is 1.80. The molecule has 0 fully saturated rings. The minimum atomic E-state index is -2.66. The molecule has 1 heterocycles. The molecule has 0 aromatic rings. The second-order valence-electron chi connectivity index (χ2n) is 1.93. The van der Waals surface area contributed by atoms with Gasteiger partial charge in [0.05, 0.1) is 5.11 Å². The van der Waals surface area contributed by atoms with Gasteiger partial charge in [-0.3, -0.25) is 14.9 Å². The highest BCUT2D eigenvalue weighted by molar-refractivity contribution is 5.78. The fourth-order valence-electron chi connectivity index (χ4n) is 0.558. The molecule has 0 spiro atoms. The SMILES string of the molecule is O=CC1([N+](=O)[O-])N=NC([N+](=O)[O-])=N1. The number of nitro groups is 2. The Labute approximate surface area is 69.3 Å². The Hall–Kier alpha value is -2.26. The van der Waals surface area contributed by atoms with Crippen molar-refractivity contribution in [3.8, 4) is 0 Å². The number of nitrogens with zero attached hydrogens (tertiary/aromatic N) is 5. The fraction of sp³-hybridized carbons (Fsp3) is 0.333. The normalized spacial score (nSPS) is 25.4. The van der Waals surface area contributed by atoms with Crippen LogP contribution >= 0.6 is 0 Å². The van der Waals surface area contributed by atoms with Gasteiger partial charge in [0.25, 0.3) is 6.29 Å². The summed E-state index contributed by atoms with van der Waals surface area (Å²) in [7, 11) is 0. The maximum Gasteiger partial charge on any atom is 0.555 e. The number of azo groups is 1. The molecule has 1 aliphatic heterocycles. The van der Waals surface area contributed by atoms with Crippen LogP contribution in [0.3, 0.4) is 0 Å². The number of rotatable bonds is 2. The standard InChI is InChI=1S/C3HN5O5/c9-1-3(8(12)13)4-2(5-6-3)7(10)11/h1H. The van der Waals surface area contributed by atoms with Gasteiger partial charge in [-0.2, -0.15) is 0 Å². The first-order chi connectivity index (χ1) is 6.02. The van der Waals surface area contributed by atoms with Crippen LogP contribution in [0, 0.1) is 20.2 Å². The van der Waals surface area contributed by atoms with Gasteiger partial charge in [-0.15, -0.1) is 0 Å². The van der Waals surface area contributed by atoms with E-state index in [0.29, 0.717) is 0 Å². The Morgan fingerprint density at radius 1 is 1.38 bits per heavy atom. The molecule has 0 aromatic heterocycles. The van der Waals surface area contributed by atoms with Gasteiger partial charge in [-0.1, -0.05) is 0 Å². The molecule has 1 unspecified atom stereocenters. The van der Waals surface area contributed by atoms with Gasteiger partial charge < -0.3 is 10.1 Å². The van der Waals surface area contributed by atoms with Crippen LogP contribution in [0.2, 0.25) is 0 Å². The van der Waals surface area contributed by atoms with Crippen molar-refractivity contribution < 1.29 is 14.6 Å². The number of guanidine groups is 1. The predicted octanol–water partition coefficient (Wildman–Crippen LogP) is -0.786. The van der Waals surface area contributed by atoms with Crippen LogP contribution in [0.4, 0.5) is 0 Å². The smallest absolute Gasteiger partial charge is 0.390 e. The van der Waals surface area contributed by atoms with Crippen LogP contribution in [-0.2, 0) is 4.79 Å². The molecule has 68 valence electrons. The lowest BCUT2D eigenvalue weighted by atomic mass is 10.4. The molecule has 0 aromatic carbocycles. The fourth-order valence-corrected chi connectivity index (χ4v) is 0.558. The Bertz CT molecular complexity index is 346. The molecule has 10 nitrogen and oxygen atoms in total. The summed E-state index contributed by atoms with van der Waals surface area (Å²) in [5.74, 6) is -3.72. The van der Waals surface area contributed by atoms with Crippen molar-refractivity contribution in [2.75, 3.05) is 0 Å². The maximum absolute atomic E-state index is 10.2. The minimum absolute atomic E-state index is 0.229. The van der Waals surface area contributed by atoms with E-state index < -0.39 is 21.6 Å². The second kappa shape index (κ2) is 2.66. The first kappa shape index (κ1) is 8.83. The lowest BCUT2D eigenvalue weighted by Crippen LogP contribution is -2.34. The molecule has 1 aliphatic rings. The van der Waals surface area contributed by atoms with E-state index in [2.05, 4.69) is 15.2 Å². The third-order valence-corrected chi connectivity index (χ3v) is 1.14. The largest absolute Gasteiger partial charge is 0.555 e. The van der Waals surface area contributed by atoms with Gasteiger partial charge in [0.15, 0.2) is 0 Å². The zero-order valence-electron chi connectivity index (χ0n) is 5.85. The summed E-state index contributed by atoms with van der Waals surface area (Å²) in [6.45, 7) is 0. The molecule has 1 rings (SSSR count). The second-order valence-corrected chi connectivity index (χ2v) is 1.93. The molecule has 0 N–H and O–H groups in total. The van der Waals surface area contributed by atoms with Crippen LogP contribution in [0.1, 0.15) is 0 Å². The topological polar surface area (TPSA) is 140 Å². The highest BCUT2D eigenvalue weighted by Crippen LogP contribution is 2.18. The maximum atomic E-state index is 10.2. The van der Waals surface area contributed by atoms with E-state index >= 15 is 0 Å². The minimum Gasteiger partial charge on any atom is -0.390 e. The summed E-state index contributed by atoms with van der Waals surface area (Å²) in [6.07, 6.45) is -0.229. The average Bonchev–Trinajstić information content (AvgIpc) is 2.49. The Morgan fingerprint density at radius 3 is 2.23 bits per heavy atom. The zero-order chi connectivity index (χ0) is 10.1. The molecule has 10 heteroatoms. The molecule has 1 atom stereocenters. The molecule has 0 saturated heterocycles. The summed E-state index contributed by atoms with van der Waals surface area (Å²) < 4.78 is 0. The molecular weight excluding hydrogens is 186 g/mol. The van der Waals surface area contributed by atoms with E-state index in [9.17, 15) is 25.0 Å². The van der Waals surface area contributed by atoms with E-state index in [-0.39, 0.29) is 6.29 Å². The molecule has 0 amide bonds. The molecule has 0 saturated carbocycles. The van der Waals surface area contributed by atoms with Crippen molar-refractivity contribution in [1.29, 1.82) is 0 Å². The highest BCUT2D eigenvalue weighted by Gasteiger charge is 2.55. The molecular formula is C3HN5O5. The van der Waals surface area contributed by atoms with Gasteiger partial charge in [0, 0.05) is 10.1 Å². The summed E-state index contributed by atoms with van der Waals surface area (Å²) >= 11 is 0. The third-order valence-electron chi connectivity index (χ3n) is 1.14. The van der Waals surface area contributed by atoms with Crippen LogP contribution in [0.15, 0.2) is 15.2 Å². The van der Waals surface area contributed by atoms with Crippen molar-refractivity contribution in [3.63, 3.8) is 0 Å². The summed E-state index contributed by atoms with van der Waals surface area (Å²) in [5.41, 5.74) is 0. The van der Waals surface area contributed by atoms with E-state index in [1.165, 1.54) is 0 Å². The molecule has 0 aliphatic carbocycles. The van der Waals surface area contributed by atoms with Gasteiger partial charge >= 0.3 is 11.7 Å². The molecule has 0 radical (unpaired) electrons. The van der Waals surface area contributed by atoms with Crippen molar-refractivity contribution in [3.05, 3.63) is 20.2 Å². The summed E-state index contributed by atoms with van der Waals surface area (Å²) in [5, 5.41) is 25.8. The highest BCUT2D eigenvalue weighted by atomic mass is 16.6. The van der Waals surface area contributed by atoms with Gasteiger partial charge in [-0.05, 0) is 4.92 Å². The Balaban J connectivity index is 3.12. The Morgan fingerprint density at radius 2 is 2.00 bits per heavy atom. The lowest BCUT2D eigenvalue weighted by Gasteiger charge is -1.95. The van der Waals surface area contributed by atoms with Gasteiger partial charge in [0.1, 0.15) is 4.92 Å². The monoisotopic (exact) mass is 187 g/mol. The number of carbonyl (C=O) groups is 1. The number of carbonyl (C=O) groups excluding carboxylic acids is 1. The van der Waals surface area contributed by atoms with E-state index in [0.717, 1.165) is 0 Å². The van der Waals surface area contributed by atoms with Gasteiger partial charge in [0.2, 0.25) is 0 Å². The van der Waals surface area contributed by atoms with Crippen molar-refractivity contribution in [1.82, 2.24) is 0 Å². The first-order valence-corrected chi connectivity index (χ1v) is 2.80. The van der Waals surface area contributed by atoms with E-state index in [4.69, 9.17) is 0 Å². The number of hydrogen-bond donors (Lipinski definition) is 0. The summed E-state index contributed by atoms with van der Waals surface area (Å²) in [4.78, 5) is 31.1. The predicted molar refractivity (Wildman–Crippen MR) is 35.1 cm³/mol. The molecule has 0 bridgehead atoms. The quantitative estimate of drug-likeness (QED) is 0.316. The van der Waals surface area contributed by atoms with Crippen LogP contribution in [0.25, 0.3) is 0 Å². The van der Waals surface area contributed by atoms with Crippen molar-refractivity contribution in [2.45, 2.75) is 5.79 Å². The van der Waals surface area contributed by atoms with Crippen molar-refractivity contribution >= 4 is 12.2 Å².